The molecule has 0 bridgehead atoms. The van der Waals surface area contributed by atoms with Crippen LogP contribution in [0.4, 0.5) is 0 Å². The van der Waals surface area contributed by atoms with E-state index in [9.17, 15) is 10.2 Å². The van der Waals surface area contributed by atoms with Gasteiger partial charge in [0.25, 0.3) is 0 Å². The third-order valence-electron chi connectivity index (χ3n) is 10.6. The fourth-order valence-electron chi connectivity index (χ4n) is 8.65. The van der Waals surface area contributed by atoms with Crippen LogP contribution in [0.2, 0.25) is 0 Å². The van der Waals surface area contributed by atoms with Crippen LogP contribution in [0.25, 0.3) is 6.08 Å². The van der Waals surface area contributed by atoms with Crippen LogP contribution in [0.1, 0.15) is 89.1 Å². The highest BCUT2D eigenvalue weighted by Gasteiger charge is 2.61. The topological polar surface area (TPSA) is 58.3 Å². The van der Waals surface area contributed by atoms with Crippen molar-refractivity contribution in [2.45, 2.75) is 105 Å². The van der Waals surface area contributed by atoms with E-state index in [1.54, 1.807) is 0 Å². The van der Waals surface area contributed by atoms with Gasteiger partial charge in [0.2, 0.25) is 0 Å². The first-order valence-electron chi connectivity index (χ1n) is 12.8. The van der Waals surface area contributed by atoms with E-state index in [1.807, 2.05) is 0 Å². The fourth-order valence-corrected chi connectivity index (χ4v) is 8.65. The minimum atomic E-state index is -0.332. The third kappa shape index (κ3) is 3.11. The minimum absolute atomic E-state index is 0.00688. The van der Waals surface area contributed by atoms with E-state index >= 15 is 0 Å². The Morgan fingerprint density at radius 3 is 2.48 bits per heavy atom. The molecule has 0 aromatic carbocycles. The van der Waals surface area contributed by atoms with Gasteiger partial charge in [0.05, 0.1) is 17.9 Å². The normalized spacial score (nSPS) is 46.0. The van der Waals surface area contributed by atoms with E-state index in [1.165, 1.54) is 42.5 Å². The third-order valence-corrected chi connectivity index (χ3v) is 10.6. The van der Waals surface area contributed by atoms with Gasteiger partial charge < -0.3 is 10.2 Å². The molecule has 4 heteroatoms. The van der Waals surface area contributed by atoms with Crippen molar-refractivity contribution in [3.8, 4) is 0 Å². The van der Waals surface area contributed by atoms with Crippen molar-refractivity contribution in [1.29, 1.82) is 0 Å². The molecule has 0 radical (unpaired) electrons. The average Bonchev–Trinajstić information content (AvgIpc) is 3.16. The van der Waals surface area contributed by atoms with E-state index in [4.69, 9.17) is 5.10 Å². The number of hydrogen-bond donors (Lipinski definition) is 2. The zero-order valence-corrected chi connectivity index (χ0v) is 20.2. The van der Waals surface area contributed by atoms with Gasteiger partial charge in [-0.15, -0.1) is 0 Å². The molecule has 31 heavy (non-hydrogen) atoms. The van der Waals surface area contributed by atoms with Gasteiger partial charge in [0.15, 0.2) is 0 Å². The Morgan fingerprint density at radius 2 is 1.77 bits per heavy atom. The molecule has 4 nitrogen and oxygen atoms in total. The highest BCUT2D eigenvalue weighted by atomic mass is 16.3. The summed E-state index contributed by atoms with van der Waals surface area (Å²) in [4.78, 5) is 0. The molecular formula is C27H42N2O2. The van der Waals surface area contributed by atoms with E-state index in [0.29, 0.717) is 17.3 Å². The molecule has 4 aliphatic rings. The Morgan fingerprint density at radius 1 is 1.03 bits per heavy atom. The second-order valence-corrected chi connectivity index (χ2v) is 11.9. The van der Waals surface area contributed by atoms with Crippen molar-refractivity contribution in [3.63, 3.8) is 0 Å². The average molecular weight is 427 g/mol. The second-order valence-electron chi connectivity index (χ2n) is 11.9. The smallest absolute Gasteiger partial charge is 0.0809 e. The van der Waals surface area contributed by atoms with Gasteiger partial charge in [-0.1, -0.05) is 13.8 Å². The minimum Gasteiger partial charge on any atom is -0.393 e. The molecule has 4 fully saturated rings. The van der Waals surface area contributed by atoms with Crippen LogP contribution < -0.4 is 0 Å². The van der Waals surface area contributed by atoms with Crippen molar-refractivity contribution < 1.29 is 10.2 Å². The Kier molecular flexibility index (Phi) is 5.21. The van der Waals surface area contributed by atoms with Gasteiger partial charge in [-0.05, 0) is 113 Å². The second kappa shape index (κ2) is 7.45. The van der Waals surface area contributed by atoms with E-state index in [-0.39, 0.29) is 17.6 Å². The van der Waals surface area contributed by atoms with Crippen molar-refractivity contribution in [1.82, 2.24) is 9.78 Å². The predicted octanol–water partition coefficient (Wildman–Crippen LogP) is 5.28. The molecule has 0 unspecified atom stereocenters. The molecule has 4 aliphatic carbocycles. The summed E-state index contributed by atoms with van der Waals surface area (Å²) in [6.45, 7) is 12.2. The zero-order valence-electron chi connectivity index (χ0n) is 20.2. The van der Waals surface area contributed by atoms with Crippen molar-refractivity contribution in [3.05, 3.63) is 22.5 Å². The molecule has 0 saturated heterocycles. The molecule has 5 rings (SSSR count). The number of rotatable bonds is 2. The number of aryl methyl sites for hydroxylation is 2. The lowest BCUT2D eigenvalue weighted by Gasteiger charge is -2.60. The van der Waals surface area contributed by atoms with Crippen LogP contribution in [0, 0.1) is 48.3 Å². The number of aromatic nitrogens is 2. The van der Waals surface area contributed by atoms with Crippen LogP contribution in [-0.4, -0.2) is 32.2 Å². The van der Waals surface area contributed by atoms with Gasteiger partial charge in [-0.3, -0.25) is 4.68 Å². The fraction of sp³-hybridized carbons (Fsp3) is 0.815. The van der Waals surface area contributed by atoms with Gasteiger partial charge >= 0.3 is 0 Å². The molecule has 0 spiro atoms. The summed E-state index contributed by atoms with van der Waals surface area (Å²) < 4.78 is 2.08. The SMILES string of the molecule is CCn1nc(C)c(/C=C2\C[C@@H]3[C@H]4CC[C@H]5C[C@@H](O)CC[C@]5(C)[C@@H]4CC[C@]3(C)[C@@H]2O)c1C. The van der Waals surface area contributed by atoms with Crippen molar-refractivity contribution in [2.75, 3.05) is 0 Å². The van der Waals surface area contributed by atoms with E-state index in [2.05, 4.69) is 45.4 Å². The Hall–Kier alpha value is -1.13. The van der Waals surface area contributed by atoms with E-state index in [0.717, 1.165) is 49.8 Å². The lowest BCUT2D eigenvalue weighted by Crippen LogP contribution is -2.54. The quantitative estimate of drug-likeness (QED) is 0.677. The van der Waals surface area contributed by atoms with Gasteiger partial charge in [0.1, 0.15) is 0 Å². The summed E-state index contributed by atoms with van der Waals surface area (Å²) in [5, 5.41) is 26.5. The molecule has 2 N–H and O–H groups in total. The lowest BCUT2D eigenvalue weighted by molar-refractivity contribution is -0.133. The maximum Gasteiger partial charge on any atom is 0.0809 e. The van der Waals surface area contributed by atoms with Gasteiger partial charge in [-0.2, -0.15) is 5.10 Å². The van der Waals surface area contributed by atoms with Gasteiger partial charge in [-0.25, -0.2) is 0 Å². The maximum atomic E-state index is 11.5. The monoisotopic (exact) mass is 426 g/mol. The van der Waals surface area contributed by atoms with Crippen LogP contribution in [0.5, 0.6) is 0 Å². The lowest BCUT2D eigenvalue weighted by atomic mass is 9.45. The van der Waals surface area contributed by atoms with Gasteiger partial charge in [0, 0.05) is 23.2 Å². The molecule has 8 atom stereocenters. The Bertz CT molecular complexity index is 888. The van der Waals surface area contributed by atoms with Crippen LogP contribution in [0.3, 0.4) is 0 Å². The number of hydrogen-bond acceptors (Lipinski definition) is 3. The Labute approximate surface area is 188 Å². The first kappa shape index (κ1) is 21.7. The summed E-state index contributed by atoms with van der Waals surface area (Å²) >= 11 is 0. The van der Waals surface area contributed by atoms with Crippen LogP contribution >= 0.6 is 0 Å². The number of nitrogens with zero attached hydrogens (tertiary/aromatic N) is 2. The molecule has 172 valence electrons. The Balaban J connectivity index is 1.46. The maximum absolute atomic E-state index is 11.5. The van der Waals surface area contributed by atoms with Crippen LogP contribution in [0.15, 0.2) is 5.57 Å². The summed E-state index contributed by atoms with van der Waals surface area (Å²) in [5.74, 6) is 2.75. The molecule has 0 amide bonds. The molecule has 4 saturated carbocycles. The molecule has 1 aromatic rings. The first-order chi connectivity index (χ1) is 14.7. The largest absolute Gasteiger partial charge is 0.393 e. The van der Waals surface area contributed by atoms with Crippen molar-refractivity contribution in [2.24, 2.45) is 34.5 Å². The number of aliphatic hydroxyl groups is 2. The molecule has 1 heterocycles. The predicted molar refractivity (Wildman–Crippen MR) is 124 cm³/mol. The number of fused-ring (bicyclic) bond motifs is 5. The zero-order chi connectivity index (χ0) is 22.1. The summed E-state index contributed by atoms with van der Waals surface area (Å²) in [6, 6.07) is 0. The number of aliphatic hydroxyl groups excluding tert-OH is 2. The standard InChI is InChI=1S/C27H42N2O2/c1-6-29-17(3)22(16(2)28-29)13-18-14-24-21-8-7-19-15-20(30)9-11-26(19,4)23(21)10-12-27(24,5)25(18)31/h13,19-21,23-25,30-31H,6-12,14-15H2,1-5H3/b18-13+/t19-,20-,21-,23+,24+,25+,26-,27-/m0/s1. The van der Waals surface area contributed by atoms with Crippen LogP contribution in [-0.2, 0) is 6.54 Å². The highest BCUT2D eigenvalue weighted by molar-refractivity contribution is 5.59. The highest BCUT2D eigenvalue weighted by Crippen LogP contribution is 2.67. The summed E-state index contributed by atoms with van der Waals surface area (Å²) in [6.07, 6.45) is 11.0. The van der Waals surface area contributed by atoms with Crippen molar-refractivity contribution >= 4 is 6.08 Å². The summed E-state index contributed by atoms with van der Waals surface area (Å²) in [5.41, 5.74) is 5.13. The molecular weight excluding hydrogens is 384 g/mol. The van der Waals surface area contributed by atoms with E-state index < -0.39 is 0 Å². The first-order valence-corrected chi connectivity index (χ1v) is 12.8. The molecule has 1 aromatic heterocycles. The molecule has 0 aliphatic heterocycles. The summed E-state index contributed by atoms with van der Waals surface area (Å²) in [7, 11) is 0.